The summed E-state index contributed by atoms with van der Waals surface area (Å²) in [6.07, 6.45) is 2.19. The highest BCUT2D eigenvalue weighted by Gasteiger charge is 2.41. The fraction of sp³-hybridized carbons (Fsp3) is 0.667. The SMILES string of the molecule is CN(C)CCn1ncc(Br)c1C(=O)C1(N)CCOC1. The molecule has 1 fully saturated rings. The van der Waals surface area contributed by atoms with Crippen molar-refractivity contribution < 1.29 is 9.53 Å². The Bertz CT molecular complexity index is 466. The van der Waals surface area contributed by atoms with Gasteiger partial charge in [0, 0.05) is 13.2 Å². The highest BCUT2D eigenvalue weighted by molar-refractivity contribution is 9.10. The first-order chi connectivity index (χ1) is 8.94. The van der Waals surface area contributed by atoms with Crippen LogP contribution in [0.4, 0.5) is 0 Å². The molecule has 0 aromatic carbocycles. The molecule has 1 aromatic heterocycles. The van der Waals surface area contributed by atoms with Crippen molar-refractivity contribution in [1.82, 2.24) is 14.7 Å². The highest BCUT2D eigenvalue weighted by atomic mass is 79.9. The van der Waals surface area contributed by atoms with Gasteiger partial charge in [-0.1, -0.05) is 0 Å². The van der Waals surface area contributed by atoms with Gasteiger partial charge in [0.15, 0.2) is 0 Å². The molecule has 0 saturated carbocycles. The van der Waals surface area contributed by atoms with Gasteiger partial charge in [0.2, 0.25) is 5.78 Å². The Labute approximate surface area is 121 Å². The summed E-state index contributed by atoms with van der Waals surface area (Å²) in [6, 6.07) is 0. The molecule has 2 rings (SSSR count). The Morgan fingerprint density at radius 2 is 2.42 bits per heavy atom. The van der Waals surface area contributed by atoms with Gasteiger partial charge in [0.05, 0.1) is 23.8 Å². The molecule has 6 nitrogen and oxygen atoms in total. The van der Waals surface area contributed by atoms with Crippen LogP contribution in [0.3, 0.4) is 0 Å². The minimum absolute atomic E-state index is 0.104. The molecule has 1 saturated heterocycles. The average Bonchev–Trinajstić information content (AvgIpc) is 2.93. The molecule has 7 heteroatoms. The Morgan fingerprint density at radius 1 is 1.68 bits per heavy atom. The van der Waals surface area contributed by atoms with Gasteiger partial charge < -0.3 is 15.4 Å². The predicted molar refractivity (Wildman–Crippen MR) is 75.2 cm³/mol. The number of aromatic nitrogens is 2. The third kappa shape index (κ3) is 3.05. The smallest absolute Gasteiger partial charge is 0.204 e. The zero-order chi connectivity index (χ0) is 14.0. The topological polar surface area (TPSA) is 73.4 Å². The molecule has 0 amide bonds. The van der Waals surface area contributed by atoms with Gasteiger partial charge in [-0.05, 0) is 36.4 Å². The molecular formula is C12H19BrN4O2. The van der Waals surface area contributed by atoms with Crippen LogP contribution in [0, 0.1) is 0 Å². The van der Waals surface area contributed by atoms with E-state index in [-0.39, 0.29) is 12.4 Å². The lowest BCUT2D eigenvalue weighted by molar-refractivity contribution is 0.0850. The zero-order valence-electron chi connectivity index (χ0n) is 11.2. The number of ether oxygens (including phenoxy) is 1. The maximum Gasteiger partial charge on any atom is 0.204 e. The summed E-state index contributed by atoms with van der Waals surface area (Å²) in [5, 5.41) is 4.24. The Hall–Kier alpha value is -0.760. The third-order valence-electron chi connectivity index (χ3n) is 3.27. The van der Waals surface area contributed by atoms with E-state index >= 15 is 0 Å². The van der Waals surface area contributed by atoms with Crippen LogP contribution < -0.4 is 5.73 Å². The van der Waals surface area contributed by atoms with Crippen LogP contribution in [0.5, 0.6) is 0 Å². The van der Waals surface area contributed by atoms with E-state index in [9.17, 15) is 4.79 Å². The van der Waals surface area contributed by atoms with Gasteiger partial charge in [0.1, 0.15) is 11.2 Å². The van der Waals surface area contributed by atoms with Crippen LogP contribution in [0.2, 0.25) is 0 Å². The molecule has 2 N–H and O–H groups in total. The number of carbonyl (C=O) groups is 1. The lowest BCUT2D eigenvalue weighted by Gasteiger charge is -2.21. The van der Waals surface area contributed by atoms with Crippen molar-refractivity contribution in [2.45, 2.75) is 18.5 Å². The molecule has 1 aromatic rings. The monoisotopic (exact) mass is 330 g/mol. The number of halogens is 1. The molecule has 1 unspecified atom stereocenters. The van der Waals surface area contributed by atoms with Crippen molar-refractivity contribution in [2.24, 2.45) is 5.73 Å². The van der Waals surface area contributed by atoms with E-state index in [0.29, 0.717) is 29.7 Å². The first-order valence-corrected chi connectivity index (χ1v) is 7.01. The van der Waals surface area contributed by atoms with Crippen molar-refractivity contribution in [3.63, 3.8) is 0 Å². The van der Waals surface area contributed by atoms with Crippen molar-refractivity contribution in [3.8, 4) is 0 Å². The highest BCUT2D eigenvalue weighted by Crippen LogP contribution is 2.25. The Kier molecular flexibility index (Phi) is 4.39. The quantitative estimate of drug-likeness (QED) is 0.796. The molecule has 19 heavy (non-hydrogen) atoms. The second-order valence-electron chi connectivity index (χ2n) is 5.16. The molecule has 1 aliphatic rings. The van der Waals surface area contributed by atoms with Crippen LogP contribution in [0.1, 0.15) is 16.9 Å². The molecule has 0 radical (unpaired) electrons. The third-order valence-corrected chi connectivity index (χ3v) is 3.85. The number of nitrogens with zero attached hydrogens (tertiary/aromatic N) is 3. The number of hydrogen-bond acceptors (Lipinski definition) is 5. The molecule has 0 aliphatic carbocycles. The van der Waals surface area contributed by atoms with Gasteiger partial charge >= 0.3 is 0 Å². The summed E-state index contributed by atoms with van der Waals surface area (Å²) in [7, 11) is 3.96. The number of carbonyl (C=O) groups excluding carboxylic acids is 1. The average molecular weight is 331 g/mol. The predicted octanol–water partition coefficient (Wildman–Crippen LogP) is 0.508. The van der Waals surface area contributed by atoms with Crippen LogP contribution in [-0.2, 0) is 11.3 Å². The molecule has 106 valence electrons. The fourth-order valence-corrected chi connectivity index (χ4v) is 2.52. The van der Waals surface area contributed by atoms with Crippen molar-refractivity contribution in [3.05, 3.63) is 16.4 Å². The van der Waals surface area contributed by atoms with E-state index in [1.807, 2.05) is 19.0 Å². The van der Waals surface area contributed by atoms with Gasteiger partial charge in [-0.2, -0.15) is 5.10 Å². The van der Waals surface area contributed by atoms with Crippen molar-refractivity contribution >= 4 is 21.7 Å². The minimum Gasteiger partial charge on any atom is -0.379 e. The summed E-state index contributed by atoms with van der Waals surface area (Å²) in [4.78, 5) is 14.6. The molecule has 0 bridgehead atoms. The lowest BCUT2D eigenvalue weighted by Crippen LogP contribution is -2.49. The van der Waals surface area contributed by atoms with Crippen molar-refractivity contribution in [2.75, 3.05) is 33.9 Å². The molecule has 2 heterocycles. The minimum atomic E-state index is -0.918. The van der Waals surface area contributed by atoms with E-state index in [1.165, 1.54) is 0 Å². The van der Waals surface area contributed by atoms with Crippen LogP contribution in [-0.4, -0.2) is 59.9 Å². The van der Waals surface area contributed by atoms with Gasteiger partial charge in [-0.3, -0.25) is 9.48 Å². The van der Waals surface area contributed by atoms with Gasteiger partial charge in [0.25, 0.3) is 0 Å². The molecule has 0 spiro atoms. The number of ketones is 1. The van der Waals surface area contributed by atoms with Crippen LogP contribution in [0.15, 0.2) is 10.7 Å². The zero-order valence-corrected chi connectivity index (χ0v) is 12.8. The van der Waals surface area contributed by atoms with Crippen molar-refractivity contribution in [1.29, 1.82) is 0 Å². The normalized spacial score (nSPS) is 23.2. The second kappa shape index (κ2) is 5.70. The first-order valence-electron chi connectivity index (χ1n) is 6.21. The van der Waals surface area contributed by atoms with Gasteiger partial charge in [-0.15, -0.1) is 0 Å². The Balaban J connectivity index is 2.23. The van der Waals surface area contributed by atoms with E-state index in [2.05, 4.69) is 21.0 Å². The van der Waals surface area contributed by atoms with Crippen LogP contribution >= 0.6 is 15.9 Å². The maximum atomic E-state index is 12.6. The number of nitrogens with two attached hydrogens (primary N) is 1. The standard InChI is InChI=1S/C12H19BrN4O2/c1-16(2)4-5-17-10(9(13)7-15-17)11(18)12(14)3-6-19-8-12/h7H,3-6,8,14H2,1-2H3. The maximum absolute atomic E-state index is 12.6. The van der Waals surface area contributed by atoms with E-state index < -0.39 is 5.54 Å². The molecule has 1 atom stereocenters. The summed E-state index contributed by atoms with van der Waals surface area (Å²) < 4.78 is 7.65. The first kappa shape index (κ1) is 14.6. The summed E-state index contributed by atoms with van der Waals surface area (Å²) in [6.45, 7) is 2.27. The largest absolute Gasteiger partial charge is 0.379 e. The van der Waals surface area contributed by atoms with E-state index in [0.717, 1.165) is 6.54 Å². The Morgan fingerprint density at radius 3 is 3.00 bits per heavy atom. The summed E-state index contributed by atoms with van der Waals surface area (Å²) >= 11 is 3.38. The summed E-state index contributed by atoms with van der Waals surface area (Å²) in [5.74, 6) is -0.104. The second-order valence-corrected chi connectivity index (χ2v) is 6.01. The van der Waals surface area contributed by atoms with E-state index in [4.69, 9.17) is 10.5 Å². The number of likely N-dealkylation sites (N-methyl/N-ethyl adjacent to an activating group) is 1. The van der Waals surface area contributed by atoms with E-state index in [1.54, 1.807) is 10.9 Å². The number of hydrogen-bond donors (Lipinski definition) is 1. The number of Topliss-reactive ketones (excluding diaryl/α,β-unsaturated/α-hetero) is 1. The van der Waals surface area contributed by atoms with Gasteiger partial charge in [-0.25, -0.2) is 0 Å². The molecular weight excluding hydrogens is 312 g/mol. The van der Waals surface area contributed by atoms with Crippen LogP contribution in [0.25, 0.3) is 0 Å². The lowest BCUT2D eigenvalue weighted by atomic mass is 9.92. The summed E-state index contributed by atoms with van der Waals surface area (Å²) in [5.41, 5.74) is 5.76. The molecule has 1 aliphatic heterocycles. The number of rotatable bonds is 5. The fourth-order valence-electron chi connectivity index (χ4n) is 2.05.